The number of hydrogen-bond donors (Lipinski definition) is 1. The molecule has 0 bridgehead atoms. The van der Waals surface area contributed by atoms with E-state index in [2.05, 4.69) is 42.4 Å². The molecule has 0 aliphatic carbocycles. The Hall–Kier alpha value is -2.26. The first kappa shape index (κ1) is 29.7. The highest BCUT2D eigenvalue weighted by Crippen LogP contribution is 2.35. The number of rotatable bonds is 9. The average molecular weight is 732 g/mol. The van der Waals surface area contributed by atoms with E-state index >= 15 is 0 Å². The van der Waals surface area contributed by atoms with Gasteiger partial charge in [-0.2, -0.15) is 5.10 Å². The van der Waals surface area contributed by atoms with Crippen molar-refractivity contribution in [3.05, 3.63) is 124 Å². The van der Waals surface area contributed by atoms with Crippen molar-refractivity contribution in [2.45, 2.75) is 13.2 Å². The highest BCUT2D eigenvalue weighted by atomic mass is 79.9. The summed E-state index contributed by atoms with van der Waals surface area (Å²) in [5.74, 6) is 0.556. The lowest BCUT2D eigenvalue weighted by molar-refractivity contribution is 0.0950. The summed E-state index contributed by atoms with van der Waals surface area (Å²) in [6.45, 7) is 0.423. The summed E-state index contributed by atoms with van der Waals surface area (Å²) in [5.41, 5.74) is 5.12. The lowest BCUT2D eigenvalue weighted by atomic mass is 10.2. The van der Waals surface area contributed by atoms with Crippen LogP contribution in [0.4, 0.5) is 0 Å². The summed E-state index contributed by atoms with van der Waals surface area (Å²) in [7, 11) is 0. The number of halogens is 6. The Morgan fingerprint density at radius 2 is 1.36 bits per heavy atom. The van der Waals surface area contributed by atoms with E-state index in [1.54, 1.807) is 54.6 Å². The Morgan fingerprint density at radius 1 is 0.795 bits per heavy atom. The molecular weight excluding hydrogens is 714 g/mol. The molecule has 0 heterocycles. The maximum atomic E-state index is 12.8. The van der Waals surface area contributed by atoms with Crippen molar-refractivity contribution in [2.24, 2.45) is 5.10 Å². The van der Waals surface area contributed by atoms with Crippen molar-refractivity contribution >= 4 is 90.4 Å². The molecule has 0 radical (unpaired) electrons. The Morgan fingerprint density at radius 3 is 1.95 bits per heavy atom. The van der Waals surface area contributed by atoms with Crippen LogP contribution in [-0.2, 0) is 13.2 Å². The minimum atomic E-state index is -0.429. The van der Waals surface area contributed by atoms with E-state index in [-0.39, 0.29) is 13.2 Å². The van der Waals surface area contributed by atoms with Gasteiger partial charge in [0, 0.05) is 31.2 Å². The topological polar surface area (TPSA) is 59.9 Å². The van der Waals surface area contributed by atoms with Crippen LogP contribution in [0, 0.1) is 0 Å². The van der Waals surface area contributed by atoms with Gasteiger partial charge in [0.15, 0.2) is 0 Å². The highest BCUT2D eigenvalue weighted by Gasteiger charge is 2.13. The van der Waals surface area contributed by atoms with Gasteiger partial charge in [-0.25, -0.2) is 5.43 Å². The molecule has 4 aromatic rings. The molecule has 0 atom stereocenters. The average Bonchev–Trinajstić information content (AvgIpc) is 2.89. The van der Waals surface area contributed by atoms with Gasteiger partial charge in [-0.3, -0.25) is 4.79 Å². The molecule has 5 nitrogen and oxygen atoms in total. The summed E-state index contributed by atoms with van der Waals surface area (Å²) < 4.78 is 13.2. The molecule has 0 fully saturated rings. The number of nitrogens with one attached hydrogen (secondary N) is 1. The monoisotopic (exact) mass is 728 g/mol. The molecule has 0 saturated carbocycles. The zero-order valence-electron chi connectivity index (χ0n) is 19.9. The lowest BCUT2D eigenvalue weighted by Gasteiger charge is -2.12. The second kappa shape index (κ2) is 13.9. The molecule has 0 aliphatic heterocycles. The zero-order valence-corrected chi connectivity index (χ0v) is 26.1. The molecule has 0 aliphatic rings. The molecule has 0 aromatic heterocycles. The van der Waals surface area contributed by atoms with Crippen molar-refractivity contribution in [3.8, 4) is 11.5 Å². The van der Waals surface area contributed by atoms with Crippen molar-refractivity contribution in [1.29, 1.82) is 0 Å². The fourth-order valence-electron chi connectivity index (χ4n) is 3.38. The van der Waals surface area contributed by atoms with E-state index in [4.69, 9.17) is 55.9 Å². The van der Waals surface area contributed by atoms with Gasteiger partial charge in [-0.15, -0.1) is 0 Å². The highest BCUT2D eigenvalue weighted by molar-refractivity contribution is 9.11. The number of hydrogen-bond acceptors (Lipinski definition) is 4. The summed E-state index contributed by atoms with van der Waals surface area (Å²) in [5, 5.41) is 6.19. The first-order valence-corrected chi connectivity index (χ1v) is 14.4. The van der Waals surface area contributed by atoms with Crippen molar-refractivity contribution in [3.63, 3.8) is 0 Å². The Bertz CT molecular complexity index is 1530. The summed E-state index contributed by atoms with van der Waals surface area (Å²) in [6, 6.07) is 20.9. The standard InChI is InChI=1S/C28H18Br2Cl4N2O3/c29-22-9-16(10-23(30)27(22)39-15-18-6-8-20(32)12-25(18)34)13-35-36-28(37)21-3-1-2-4-26(21)38-14-17-5-7-19(31)11-24(17)33/h1-13H,14-15H2,(H,36,37)/b35-13+. The molecule has 0 saturated heterocycles. The van der Waals surface area contributed by atoms with E-state index in [0.717, 1.165) is 11.1 Å². The van der Waals surface area contributed by atoms with Crippen LogP contribution in [0.25, 0.3) is 0 Å². The van der Waals surface area contributed by atoms with Gasteiger partial charge < -0.3 is 9.47 Å². The molecule has 11 heteroatoms. The van der Waals surface area contributed by atoms with Gasteiger partial charge in [0.25, 0.3) is 5.91 Å². The number of carbonyl (C=O) groups excluding carboxylic acids is 1. The second-order valence-corrected chi connectivity index (χ2v) is 11.5. The van der Waals surface area contributed by atoms with Gasteiger partial charge in [0.1, 0.15) is 24.7 Å². The van der Waals surface area contributed by atoms with E-state index in [1.807, 2.05) is 18.2 Å². The molecule has 0 spiro atoms. The third kappa shape index (κ3) is 8.13. The minimum absolute atomic E-state index is 0.171. The minimum Gasteiger partial charge on any atom is -0.488 e. The van der Waals surface area contributed by atoms with Crippen LogP contribution in [0.5, 0.6) is 11.5 Å². The molecule has 0 unspecified atom stereocenters. The number of benzene rings is 4. The van der Waals surface area contributed by atoms with Crippen LogP contribution in [0.1, 0.15) is 27.0 Å². The Labute approximate surface area is 262 Å². The third-order valence-electron chi connectivity index (χ3n) is 5.32. The van der Waals surface area contributed by atoms with E-state index < -0.39 is 5.91 Å². The van der Waals surface area contributed by atoms with Gasteiger partial charge in [-0.05, 0) is 86.0 Å². The fourth-order valence-corrected chi connectivity index (χ4v) is 5.76. The number of carbonyl (C=O) groups is 1. The van der Waals surface area contributed by atoms with Gasteiger partial charge in [0.05, 0.1) is 20.7 Å². The molecule has 4 aromatic carbocycles. The quantitative estimate of drug-likeness (QED) is 0.138. The molecular formula is C28H18Br2Cl4N2O3. The maximum absolute atomic E-state index is 12.8. The van der Waals surface area contributed by atoms with Gasteiger partial charge in [0.2, 0.25) is 0 Å². The first-order chi connectivity index (χ1) is 18.7. The van der Waals surface area contributed by atoms with Crippen LogP contribution in [0.15, 0.2) is 86.8 Å². The smallest absolute Gasteiger partial charge is 0.275 e. The second-order valence-electron chi connectivity index (χ2n) is 8.06. The van der Waals surface area contributed by atoms with Crippen molar-refractivity contribution < 1.29 is 14.3 Å². The molecule has 1 N–H and O–H groups in total. The van der Waals surface area contributed by atoms with E-state index in [1.165, 1.54) is 6.21 Å². The van der Waals surface area contributed by atoms with Crippen LogP contribution in [0.2, 0.25) is 20.1 Å². The first-order valence-electron chi connectivity index (χ1n) is 11.3. The number of hydrazone groups is 1. The fraction of sp³-hybridized carbons (Fsp3) is 0.0714. The van der Waals surface area contributed by atoms with E-state index in [0.29, 0.717) is 51.7 Å². The number of para-hydroxylation sites is 1. The Kier molecular flexibility index (Phi) is 10.6. The van der Waals surface area contributed by atoms with Crippen LogP contribution < -0.4 is 14.9 Å². The van der Waals surface area contributed by atoms with E-state index in [9.17, 15) is 4.79 Å². The van der Waals surface area contributed by atoms with Crippen LogP contribution >= 0.6 is 78.3 Å². The van der Waals surface area contributed by atoms with Crippen molar-refractivity contribution in [1.82, 2.24) is 5.43 Å². The van der Waals surface area contributed by atoms with Gasteiger partial charge in [-0.1, -0.05) is 70.7 Å². The summed E-state index contributed by atoms with van der Waals surface area (Å²) >= 11 is 31.4. The largest absolute Gasteiger partial charge is 0.488 e. The molecule has 39 heavy (non-hydrogen) atoms. The number of amides is 1. The van der Waals surface area contributed by atoms with Crippen molar-refractivity contribution in [2.75, 3.05) is 0 Å². The number of ether oxygens (including phenoxy) is 2. The van der Waals surface area contributed by atoms with Crippen LogP contribution in [-0.4, -0.2) is 12.1 Å². The maximum Gasteiger partial charge on any atom is 0.275 e. The van der Waals surface area contributed by atoms with Gasteiger partial charge >= 0.3 is 0 Å². The Balaban J connectivity index is 1.39. The summed E-state index contributed by atoms with van der Waals surface area (Å²) in [6.07, 6.45) is 1.52. The molecule has 200 valence electrons. The lowest BCUT2D eigenvalue weighted by Crippen LogP contribution is -2.18. The zero-order chi connectivity index (χ0) is 27.9. The predicted molar refractivity (Wildman–Crippen MR) is 165 cm³/mol. The summed E-state index contributed by atoms with van der Waals surface area (Å²) in [4.78, 5) is 12.8. The normalized spacial score (nSPS) is 11.0. The third-order valence-corrected chi connectivity index (χ3v) is 7.67. The SMILES string of the molecule is O=C(N/N=C/c1cc(Br)c(OCc2ccc(Cl)cc2Cl)c(Br)c1)c1ccccc1OCc1ccc(Cl)cc1Cl. The predicted octanol–water partition coefficient (Wildman–Crippen LogP) is 9.75. The molecule has 4 rings (SSSR count). The van der Waals surface area contributed by atoms with Crippen LogP contribution in [0.3, 0.4) is 0 Å². The molecule has 1 amide bonds. The number of nitrogens with zero attached hydrogens (tertiary/aromatic N) is 1.